The monoisotopic (exact) mass is 308 g/mol. The van der Waals surface area contributed by atoms with Crippen LogP contribution in [0, 0.1) is 6.92 Å². The molecule has 0 radical (unpaired) electrons. The van der Waals surface area contributed by atoms with Crippen molar-refractivity contribution < 1.29 is 13.2 Å². The van der Waals surface area contributed by atoms with Crippen molar-refractivity contribution in [1.29, 1.82) is 0 Å². The number of benzene rings is 1. The van der Waals surface area contributed by atoms with Gasteiger partial charge in [-0.3, -0.25) is 14.6 Å². The first-order valence-electron chi connectivity index (χ1n) is 6.35. The van der Waals surface area contributed by atoms with E-state index in [1.54, 1.807) is 38.1 Å². The van der Waals surface area contributed by atoms with E-state index in [1.165, 1.54) is 6.20 Å². The van der Waals surface area contributed by atoms with Gasteiger partial charge in [0, 0.05) is 17.8 Å². The fourth-order valence-corrected chi connectivity index (χ4v) is 2.89. The molecular formula is C13H16N4O3S. The fourth-order valence-electron chi connectivity index (χ4n) is 1.69. The second-order valence-electron chi connectivity index (χ2n) is 4.44. The number of carbonyl (C=O) groups is 1. The predicted octanol–water partition coefficient (Wildman–Crippen LogP) is 1.87. The highest BCUT2D eigenvalue weighted by Gasteiger charge is 2.18. The minimum atomic E-state index is -3.67. The van der Waals surface area contributed by atoms with Gasteiger partial charge in [0.2, 0.25) is 5.91 Å². The highest BCUT2D eigenvalue weighted by atomic mass is 32.2. The molecule has 0 saturated heterocycles. The van der Waals surface area contributed by atoms with Crippen LogP contribution in [0.3, 0.4) is 0 Å². The Morgan fingerprint density at radius 1 is 1.24 bits per heavy atom. The number of hydrogen-bond donors (Lipinski definition) is 3. The molecule has 112 valence electrons. The summed E-state index contributed by atoms with van der Waals surface area (Å²) in [6.45, 7) is 3.38. The van der Waals surface area contributed by atoms with E-state index in [-0.39, 0.29) is 10.8 Å². The van der Waals surface area contributed by atoms with Gasteiger partial charge >= 0.3 is 0 Å². The maximum absolute atomic E-state index is 12.2. The number of aryl methyl sites for hydroxylation is 1. The third-order valence-electron chi connectivity index (χ3n) is 2.82. The number of H-pyrrole nitrogens is 1. The van der Waals surface area contributed by atoms with E-state index in [1.807, 2.05) is 0 Å². The summed E-state index contributed by atoms with van der Waals surface area (Å²) in [6.07, 6.45) is 1.64. The van der Waals surface area contributed by atoms with E-state index in [0.29, 0.717) is 23.5 Å². The Balaban J connectivity index is 2.14. The van der Waals surface area contributed by atoms with Crippen LogP contribution in [0.2, 0.25) is 0 Å². The Hall–Kier alpha value is -2.35. The lowest BCUT2D eigenvalue weighted by molar-refractivity contribution is -0.115. The quantitative estimate of drug-likeness (QED) is 0.784. The normalized spacial score (nSPS) is 11.1. The van der Waals surface area contributed by atoms with Crippen molar-refractivity contribution in [2.45, 2.75) is 25.2 Å². The summed E-state index contributed by atoms with van der Waals surface area (Å²) in [6, 6.07) is 6.43. The van der Waals surface area contributed by atoms with Crippen molar-refractivity contribution in [3.8, 4) is 0 Å². The van der Waals surface area contributed by atoms with Crippen LogP contribution in [0.15, 0.2) is 35.4 Å². The number of rotatable bonds is 5. The third-order valence-corrected chi connectivity index (χ3v) is 4.31. The van der Waals surface area contributed by atoms with Gasteiger partial charge in [-0.2, -0.15) is 5.10 Å². The molecular weight excluding hydrogens is 292 g/mol. The van der Waals surface area contributed by atoms with Gasteiger partial charge in [-0.05, 0) is 31.2 Å². The van der Waals surface area contributed by atoms with Gasteiger partial charge in [0.25, 0.3) is 10.0 Å². The lowest BCUT2D eigenvalue weighted by atomic mass is 10.3. The molecule has 3 N–H and O–H groups in total. The number of aromatic amines is 1. The SMILES string of the molecule is CCC(=O)Nc1ccc(NS(=O)(=O)c2cn[nH]c2C)cc1. The molecule has 0 fully saturated rings. The zero-order chi connectivity index (χ0) is 15.5. The molecule has 0 saturated carbocycles. The number of carbonyl (C=O) groups excluding carboxylic acids is 1. The van der Waals surface area contributed by atoms with Crippen molar-refractivity contribution in [2.75, 3.05) is 10.0 Å². The molecule has 2 rings (SSSR count). The second-order valence-corrected chi connectivity index (χ2v) is 6.09. The topological polar surface area (TPSA) is 104 Å². The lowest BCUT2D eigenvalue weighted by Gasteiger charge is -2.08. The molecule has 1 aromatic heterocycles. The van der Waals surface area contributed by atoms with Gasteiger partial charge in [-0.25, -0.2) is 8.42 Å². The number of amides is 1. The van der Waals surface area contributed by atoms with E-state index in [2.05, 4.69) is 20.2 Å². The molecule has 0 spiro atoms. The largest absolute Gasteiger partial charge is 0.326 e. The summed E-state index contributed by atoms with van der Waals surface area (Å²) in [5.41, 5.74) is 1.49. The molecule has 7 nitrogen and oxygen atoms in total. The smallest absolute Gasteiger partial charge is 0.265 e. The van der Waals surface area contributed by atoms with Crippen LogP contribution in [-0.4, -0.2) is 24.5 Å². The van der Waals surface area contributed by atoms with Crippen molar-refractivity contribution in [2.24, 2.45) is 0 Å². The van der Waals surface area contributed by atoms with Crippen LogP contribution in [0.4, 0.5) is 11.4 Å². The highest BCUT2D eigenvalue weighted by Crippen LogP contribution is 2.19. The Labute approximate surface area is 122 Å². The summed E-state index contributed by atoms with van der Waals surface area (Å²) < 4.78 is 26.8. The van der Waals surface area contributed by atoms with E-state index < -0.39 is 10.0 Å². The zero-order valence-electron chi connectivity index (χ0n) is 11.7. The van der Waals surface area contributed by atoms with E-state index in [4.69, 9.17) is 0 Å². The van der Waals surface area contributed by atoms with Gasteiger partial charge in [-0.15, -0.1) is 0 Å². The van der Waals surface area contributed by atoms with E-state index in [0.717, 1.165) is 0 Å². The summed E-state index contributed by atoms with van der Waals surface area (Å²) in [4.78, 5) is 11.4. The van der Waals surface area contributed by atoms with Gasteiger partial charge in [0.05, 0.1) is 11.9 Å². The summed E-state index contributed by atoms with van der Waals surface area (Å²) in [5, 5.41) is 8.96. The summed E-state index contributed by atoms with van der Waals surface area (Å²) >= 11 is 0. The molecule has 2 aromatic rings. The van der Waals surface area contributed by atoms with Crippen molar-refractivity contribution >= 4 is 27.3 Å². The number of aromatic nitrogens is 2. The Bertz CT molecular complexity index is 735. The lowest BCUT2D eigenvalue weighted by Crippen LogP contribution is -2.13. The van der Waals surface area contributed by atoms with Gasteiger partial charge in [0.1, 0.15) is 4.90 Å². The molecule has 0 aliphatic carbocycles. The predicted molar refractivity (Wildman–Crippen MR) is 79.5 cm³/mol. The number of hydrogen-bond acceptors (Lipinski definition) is 4. The molecule has 1 heterocycles. The zero-order valence-corrected chi connectivity index (χ0v) is 12.5. The molecule has 1 aromatic carbocycles. The van der Waals surface area contributed by atoms with Crippen LogP contribution < -0.4 is 10.0 Å². The van der Waals surface area contributed by atoms with Crippen molar-refractivity contribution in [3.63, 3.8) is 0 Å². The van der Waals surface area contributed by atoms with Crippen molar-refractivity contribution in [1.82, 2.24) is 10.2 Å². The highest BCUT2D eigenvalue weighted by molar-refractivity contribution is 7.92. The van der Waals surface area contributed by atoms with Crippen LogP contribution in [0.25, 0.3) is 0 Å². The third kappa shape index (κ3) is 3.60. The first kappa shape index (κ1) is 15.0. The standard InChI is InChI=1S/C13H16N4O3S/c1-3-13(18)15-10-4-6-11(7-5-10)17-21(19,20)12-8-14-16-9(12)2/h4-8,17H,3H2,1-2H3,(H,14,16)(H,15,18). The number of nitrogens with zero attached hydrogens (tertiary/aromatic N) is 1. The minimum Gasteiger partial charge on any atom is -0.326 e. The second kappa shape index (κ2) is 5.96. The molecule has 21 heavy (non-hydrogen) atoms. The Kier molecular flexibility index (Phi) is 4.27. The Morgan fingerprint density at radius 2 is 1.86 bits per heavy atom. The van der Waals surface area contributed by atoms with Crippen LogP contribution in [0.5, 0.6) is 0 Å². The number of nitrogens with one attached hydrogen (secondary N) is 3. The Morgan fingerprint density at radius 3 is 2.38 bits per heavy atom. The van der Waals surface area contributed by atoms with Crippen LogP contribution in [-0.2, 0) is 14.8 Å². The molecule has 8 heteroatoms. The number of sulfonamides is 1. The molecule has 0 atom stereocenters. The van der Waals surface area contributed by atoms with Gasteiger partial charge in [-0.1, -0.05) is 6.92 Å². The van der Waals surface area contributed by atoms with Crippen LogP contribution in [0.1, 0.15) is 19.0 Å². The maximum Gasteiger partial charge on any atom is 0.265 e. The first-order chi connectivity index (χ1) is 9.92. The average molecular weight is 308 g/mol. The minimum absolute atomic E-state index is 0.0997. The first-order valence-corrected chi connectivity index (χ1v) is 7.83. The molecule has 0 aliphatic rings. The van der Waals surface area contributed by atoms with Crippen LogP contribution >= 0.6 is 0 Å². The molecule has 0 bridgehead atoms. The van der Waals surface area contributed by atoms with Gasteiger partial charge in [0.15, 0.2) is 0 Å². The van der Waals surface area contributed by atoms with Crippen molar-refractivity contribution in [3.05, 3.63) is 36.2 Å². The van der Waals surface area contributed by atoms with E-state index in [9.17, 15) is 13.2 Å². The number of anilines is 2. The summed E-state index contributed by atoms with van der Waals surface area (Å²) in [5.74, 6) is -0.0997. The van der Waals surface area contributed by atoms with E-state index >= 15 is 0 Å². The maximum atomic E-state index is 12.2. The average Bonchev–Trinajstić information content (AvgIpc) is 2.87. The molecule has 1 amide bonds. The summed E-state index contributed by atoms with van der Waals surface area (Å²) in [7, 11) is -3.67. The fraction of sp³-hybridized carbons (Fsp3) is 0.231. The van der Waals surface area contributed by atoms with Gasteiger partial charge < -0.3 is 5.32 Å². The molecule has 0 unspecified atom stereocenters. The molecule has 0 aliphatic heterocycles.